The molecule has 1 heterocycles. The second kappa shape index (κ2) is 7.61. The molecular formula is C14H27N3O4. The highest BCUT2D eigenvalue weighted by Gasteiger charge is 2.31. The van der Waals surface area contributed by atoms with Crippen molar-refractivity contribution in [3.63, 3.8) is 0 Å². The molecule has 21 heavy (non-hydrogen) atoms. The van der Waals surface area contributed by atoms with Crippen LogP contribution in [0.1, 0.15) is 34.6 Å². The smallest absolute Gasteiger partial charge is 0.408 e. The Balaban J connectivity index is 2.38. The molecule has 1 saturated heterocycles. The average molecular weight is 301 g/mol. The molecule has 2 unspecified atom stereocenters. The number of rotatable bonds is 5. The molecule has 0 spiro atoms. The summed E-state index contributed by atoms with van der Waals surface area (Å²) >= 11 is 0. The highest BCUT2D eigenvalue weighted by atomic mass is 16.6. The average Bonchev–Trinajstić information content (AvgIpc) is 2.70. The number of alkyl carbamates (subject to hydrolysis) is 1. The maximum atomic E-state index is 11.7. The molecule has 0 radical (unpaired) electrons. The second-order valence-electron chi connectivity index (χ2n) is 6.50. The molecule has 1 aliphatic heterocycles. The Hall–Kier alpha value is -1.34. The van der Waals surface area contributed by atoms with Crippen molar-refractivity contribution in [1.82, 2.24) is 16.0 Å². The molecule has 122 valence electrons. The molecule has 0 aromatic heterocycles. The number of carbonyl (C=O) groups excluding carboxylic acids is 2. The highest BCUT2D eigenvalue weighted by Crippen LogP contribution is 2.10. The SMILES string of the molecule is CC(C)NC(=O)CNC1COCC1NC(=O)OC(C)(C)C. The highest BCUT2D eigenvalue weighted by molar-refractivity contribution is 5.78. The van der Waals surface area contributed by atoms with Crippen LogP contribution >= 0.6 is 0 Å². The number of carbonyl (C=O) groups is 2. The van der Waals surface area contributed by atoms with E-state index in [9.17, 15) is 9.59 Å². The van der Waals surface area contributed by atoms with Crippen molar-refractivity contribution in [2.45, 2.75) is 58.3 Å². The Bertz CT molecular complexity index is 366. The van der Waals surface area contributed by atoms with E-state index in [2.05, 4.69) is 16.0 Å². The van der Waals surface area contributed by atoms with E-state index in [1.165, 1.54) is 0 Å². The van der Waals surface area contributed by atoms with Crippen LogP contribution in [0.5, 0.6) is 0 Å². The summed E-state index contributed by atoms with van der Waals surface area (Å²) in [7, 11) is 0. The van der Waals surface area contributed by atoms with E-state index in [-0.39, 0.29) is 30.6 Å². The summed E-state index contributed by atoms with van der Waals surface area (Å²) in [6.07, 6.45) is -0.476. The third-order valence-electron chi connectivity index (χ3n) is 2.76. The fourth-order valence-electron chi connectivity index (χ4n) is 1.95. The maximum Gasteiger partial charge on any atom is 0.408 e. The molecule has 1 rings (SSSR count). The Morgan fingerprint density at radius 2 is 1.86 bits per heavy atom. The summed E-state index contributed by atoms with van der Waals surface area (Å²) in [5.74, 6) is -0.0760. The minimum Gasteiger partial charge on any atom is -0.444 e. The topological polar surface area (TPSA) is 88.7 Å². The monoisotopic (exact) mass is 301 g/mol. The van der Waals surface area contributed by atoms with E-state index in [1.807, 2.05) is 34.6 Å². The molecule has 1 fully saturated rings. The van der Waals surface area contributed by atoms with Gasteiger partial charge in [-0.05, 0) is 34.6 Å². The predicted molar refractivity (Wildman–Crippen MR) is 79.0 cm³/mol. The quantitative estimate of drug-likeness (QED) is 0.684. The van der Waals surface area contributed by atoms with Crippen molar-refractivity contribution in [1.29, 1.82) is 0 Å². The lowest BCUT2D eigenvalue weighted by molar-refractivity contribution is -0.120. The van der Waals surface area contributed by atoms with E-state index in [1.54, 1.807) is 0 Å². The minimum absolute atomic E-state index is 0.0760. The van der Waals surface area contributed by atoms with Crippen molar-refractivity contribution in [2.75, 3.05) is 19.8 Å². The Morgan fingerprint density at radius 1 is 1.24 bits per heavy atom. The zero-order chi connectivity index (χ0) is 16.0. The lowest BCUT2D eigenvalue weighted by Crippen LogP contribution is -2.52. The van der Waals surface area contributed by atoms with Crippen LogP contribution in [0.2, 0.25) is 0 Å². The van der Waals surface area contributed by atoms with Crippen LogP contribution in [0.15, 0.2) is 0 Å². The number of hydrogen-bond donors (Lipinski definition) is 3. The van der Waals surface area contributed by atoms with Crippen LogP contribution in [-0.4, -0.2) is 55.5 Å². The Morgan fingerprint density at radius 3 is 2.43 bits per heavy atom. The predicted octanol–water partition coefficient (Wildman–Crippen LogP) is 0.393. The minimum atomic E-state index is -0.538. The van der Waals surface area contributed by atoms with Gasteiger partial charge in [-0.25, -0.2) is 4.79 Å². The molecule has 7 heteroatoms. The van der Waals surface area contributed by atoms with Gasteiger partial charge < -0.3 is 25.4 Å². The van der Waals surface area contributed by atoms with Gasteiger partial charge in [0.15, 0.2) is 0 Å². The number of nitrogens with one attached hydrogen (secondary N) is 3. The van der Waals surface area contributed by atoms with Crippen molar-refractivity contribution >= 4 is 12.0 Å². The summed E-state index contributed by atoms with van der Waals surface area (Å²) < 4.78 is 10.6. The molecule has 7 nitrogen and oxygen atoms in total. The molecule has 3 N–H and O–H groups in total. The van der Waals surface area contributed by atoms with Crippen LogP contribution in [0, 0.1) is 0 Å². The first kappa shape index (κ1) is 17.7. The van der Waals surface area contributed by atoms with Crippen molar-refractivity contribution in [3.05, 3.63) is 0 Å². The molecular weight excluding hydrogens is 274 g/mol. The number of hydrogen-bond acceptors (Lipinski definition) is 5. The number of ether oxygens (including phenoxy) is 2. The van der Waals surface area contributed by atoms with Crippen LogP contribution in [0.4, 0.5) is 4.79 Å². The van der Waals surface area contributed by atoms with E-state index in [0.717, 1.165) is 0 Å². The van der Waals surface area contributed by atoms with Crippen LogP contribution in [0.25, 0.3) is 0 Å². The molecule has 0 aromatic carbocycles. The fourth-order valence-corrected chi connectivity index (χ4v) is 1.95. The number of amides is 2. The first-order chi connectivity index (χ1) is 9.67. The second-order valence-corrected chi connectivity index (χ2v) is 6.50. The van der Waals surface area contributed by atoms with E-state index in [4.69, 9.17) is 9.47 Å². The van der Waals surface area contributed by atoms with Gasteiger partial charge in [-0.2, -0.15) is 0 Å². The summed E-state index contributed by atoms with van der Waals surface area (Å²) in [4.78, 5) is 23.3. The molecule has 0 saturated carbocycles. The Kier molecular flexibility index (Phi) is 6.42. The van der Waals surface area contributed by atoms with Gasteiger partial charge in [0.05, 0.1) is 31.8 Å². The van der Waals surface area contributed by atoms with E-state index < -0.39 is 11.7 Å². The summed E-state index contributed by atoms with van der Waals surface area (Å²) in [6, 6.07) is -0.197. The lowest BCUT2D eigenvalue weighted by atomic mass is 10.1. The third kappa shape index (κ3) is 7.29. The van der Waals surface area contributed by atoms with Gasteiger partial charge in [0.2, 0.25) is 5.91 Å². The summed E-state index contributed by atoms with van der Waals surface area (Å²) in [6.45, 7) is 10.3. The zero-order valence-corrected chi connectivity index (χ0v) is 13.5. The van der Waals surface area contributed by atoms with Gasteiger partial charge in [0, 0.05) is 6.04 Å². The van der Waals surface area contributed by atoms with Crippen LogP contribution in [0.3, 0.4) is 0 Å². The van der Waals surface area contributed by atoms with E-state index in [0.29, 0.717) is 13.2 Å². The largest absolute Gasteiger partial charge is 0.444 e. The van der Waals surface area contributed by atoms with Gasteiger partial charge in [-0.1, -0.05) is 0 Å². The molecule has 0 aliphatic carbocycles. The normalized spacial score (nSPS) is 22.2. The van der Waals surface area contributed by atoms with Crippen molar-refractivity contribution in [3.8, 4) is 0 Å². The standard InChI is InChI=1S/C14H27N3O4/c1-9(2)16-12(18)6-15-10-7-20-8-11(10)17-13(19)21-14(3,4)5/h9-11,15H,6-8H2,1-5H3,(H,16,18)(H,17,19). The summed E-state index contributed by atoms with van der Waals surface area (Å²) in [5.41, 5.74) is -0.538. The molecule has 0 bridgehead atoms. The lowest BCUT2D eigenvalue weighted by Gasteiger charge is -2.24. The van der Waals surface area contributed by atoms with Crippen molar-refractivity contribution in [2.24, 2.45) is 0 Å². The fraction of sp³-hybridized carbons (Fsp3) is 0.857. The van der Waals surface area contributed by atoms with Crippen LogP contribution in [-0.2, 0) is 14.3 Å². The first-order valence-electron chi connectivity index (χ1n) is 7.27. The van der Waals surface area contributed by atoms with Gasteiger partial charge in [0.25, 0.3) is 0 Å². The zero-order valence-electron chi connectivity index (χ0n) is 13.5. The van der Waals surface area contributed by atoms with Crippen molar-refractivity contribution < 1.29 is 19.1 Å². The first-order valence-corrected chi connectivity index (χ1v) is 7.27. The Labute approximate surface area is 126 Å². The molecule has 1 aliphatic rings. The molecule has 2 amide bonds. The van der Waals surface area contributed by atoms with Gasteiger partial charge >= 0.3 is 6.09 Å². The summed E-state index contributed by atoms with van der Waals surface area (Å²) in [5, 5.41) is 8.67. The van der Waals surface area contributed by atoms with Gasteiger partial charge in [-0.3, -0.25) is 4.79 Å². The maximum absolute atomic E-state index is 11.7. The van der Waals surface area contributed by atoms with Crippen LogP contribution < -0.4 is 16.0 Å². The third-order valence-corrected chi connectivity index (χ3v) is 2.76. The van der Waals surface area contributed by atoms with Gasteiger partial charge in [-0.15, -0.1) is 0 Å². The molecule has 0 aromatic rings. The molecule has 2 atom stereocenters. The van der Waals surface area contributed by atoms with Gasteiger partial charge in [0.1, 0.15) is 5.60 Å². The van der Waals surface area contributed by atoms with E-state index >= 15 is 0 Å².